The number of nitrogens with one attached hydrogen (secondary N) is 2. The van der Waals surface area contributed by atoms with E-state index in [2.05, 4.69) is 9.44 Å². The molecule has 0 aliphatic carbocycles. The van der Waals surface area contributed by atoms with Crippen LogP contribution in [0.25, 0.3) is 0 Å². The molecule has 8 nitrogen and oxygen atoms in total. The average Bonchev–Trinajstić information content (AvgIpc) is 2.46. The van der Waals surface area contributed by atoms with Crippen LogP contribution in [-0.4, -0.2) is 49.4 Å². The van der Waals surface area contributed by atoms with Gasteiger partial charge >= 0.3 is 0 Å². The first-order valence-electron chi connectivity index (χ1n) is 6.14. The van der Waals surface area contributed by atoms with Crippen molar-refractivity contribution in [1.29, 1.82) is 0 Å². The van der Waals surface area contributed by atoms with E-state index in [4.69, 9.17) is 9.47 Å². The average molecular weight is 336 g/mol. The van der Waals surface area contributed by atoms with E-state index in [1.165, 1.54) is 25.2 Å². The number of ether oxygens (including phenoxy) is 2. The standard InChI is InChI=1S/C11H16N2O6S2/c1-12-20(14,15)7-4-13-21(16,17)9-2-3-10-11(8-9)19-6-5-18-10/h2-3,8,12-13H,4-7H2,1H3. The van der Waals surface area contributed by atoms with Gasteiger partial charge in [-0.2, -0.15) is 0 Å². The summed E-state index contributed by atoms with van der Waals surface area (Å²) in [5.41, 5.74) is 0. The summed E-state index contributed by atoms with van der Waals surface area (Å²) in [7, 11) is -5.99. The summed E-state index contributed by atoms with van der Waals surface area (Å²) >= 11 is 0. The van der Waals surface area contributed by atoms with Gasteiger partial charge in [-0.3, -0.25) is 0 Å². The van der Waals surface area contributed by atoms with E-state index < -0.39 is 20.0 Å². The van der Waals surface area contributed by atoms with Crippen molar-refractivity contribution < 1.29 is 26.3 Å². The van der Waals surface area contributed by atoms with Crippen molar-refractivity contribution in [2.45, 2.75) is 4.90 Å². The van der Waals surface area contributed by atoms with E-state index in [-0.39, 0.29) is 17.2 Å². The fraction of sp³-hybridized carbons (Fsp3) is 0.455. The van der Waals surface area contributed by atoms with E-state index in [9.17, 15) is 16.8 Å². The Morgan fingerprint density at radius 2 is 1.76 bits per heavy atom. The van der Waals surface area contributed by atoms with Crippen LogP contribution in [0.3, 0.4) is 0 Å². The monoisotopic (exact) mass is 336 g/mol. The molecule has 0 fully saturated rings. The third-order valence-electron chi connectivity index (χ3n) is 2.80. The molecule has 10 heteroatoms. The van der Waals surface area contributed by atoms with Crippen LogP contribution in [-0.2, 0) is 20.0 Å². The highest BCUT2D eigenvalue weighted by atomic mass is 32.2. The second-order valence-corrected chi connectivity index (χ2v) is 8.04. The molecule has 118 valence electrons. The Bertz CT molecular complexity index is 714. The van der Waals surface area contributed by atoms with Gasteiger partial charge in [-0.05, 0) is 19.2 Å². The summed E-state index contributed by atoms with van der Waals surface area (Å²) in [4.78, 5) is -0.00592. The van der Waals surface area contributed by atoms with Gasteiger partial charge in [-0.1, -0.05) is 0 Å². The largest absolute Gasteiger partial charge is 0.486 e. The Morgan fingerprint density at radius 3 is 2.43 bits per heavy atom. The molecule has 1 aliphatic rings. The highest BCUT2D eigenvalue weighted by Crippen LogP contribution is 2.32. The minimum Gasteiger partial charge on any atom is -0.486 e. The molecule has 0 spiro atoms. The SMILES string of the molecule is CNS(=O)(=O)CCNS(=O)(=O)c1ccc2c(c1)OCCO2. The van der Waals surface area contributed by atoms with Crippen LogP contribution in [0.5, 0.6) is 11.5 Å². The van der Waals surface area contributed by atoms with Crippen molar-refractivity contribution in [3.05, 3.63) is 18.2 Å². The highest BCUT2D eigenvalue weighted by Gasteiger charge is 2.19. The third-order valence-corrected chi connectivity index (χ3v) is 5.62. The first-order chi connectivity index (χ1) is 9.84. The minimum absolute atomic E-state index is 0.00592. The van der Waals surface area contributed by atoms with Gasteiger partial charge in [-0.25, -0.2) is 26.3 Å². The Kier molecular flexibility index (Phi) is 4.71. The molecular formula is C11H16N2O6S2. The molecule has 1 aliphatic heterocycles. The maximum Gasteiger partial charge on any atom is 0.240 e. The second-order valence-electron chi connectivity index (χ2n) is 4.23. The van der Waals surface area contributed by atoms with Crippen LogP contribution in [0, 0.1) is 0 Å². The van der Waals surface area contributed by atoms with Gasteiger partial charge in [0.05, 0.1) is 10.6 Å². The zero-order chi connectivity index (χ0) is 15.5. The molecule has 21 heavy (non-hydrogen) atoms. The van der Waals surface area contributed by atoms with Crippen LogP contribution in [0.1, 0.15) is 0 Å². The van der Waals surface area contributed by atoms with E-state index in [1.54, 1.807) is 0 Å². The van der Waals surface area contributed by atoms with E-state index in [0.29, 0.717) is 24.7 Å². The van der Waals surface area contributed by atoms with Crippen molar-refractivity contribution in [2.24, 2.45) is 0 Å². The zero-order valence-electron chi connectivity index (χ0n) is 11.3. The molecule has 2 rings (SSSR count). The van der Waals surface area contributed by atoms with E-state index >= 15 is 0 Å². The number of rotatable bonds is 6. The molecule has 0 bridgehead atoms. The molecule has 0 amide bonds. The molecule has 1 aromatic carbocycles. The summed E-state index contributed by atoms with van der Waals surface area (Å²) in [6.45, 7) is 0.545. The fourth-order valence-corrected chi connectivity index (χ4v) is 3.44. The second kappa shape index (κ2) is 6.18. The van der Waals surface area contributed by atoms with Crippen LogP contribution in [0.4, 0.5) is 0 Å². The highest BCUT2D eigenvalue weighted by molar-refractivity contribution is 7.90. The Balaban J connectivity index is 2.09. The van der Waals surface area contributed by atoms with Gasteiger partial charge in [0.25, 0.3) is 0 Å². The lowest BCUT2D eigenvalue weighted by Crippen LogP contribution is -2.33. The van der Waals surface area contributed by atoms with Crippen LogP contribution < -0.4 is 18.9 Å². The normalized spacial score (nSPS) is 14.9. The van der Waals surface area contributed by atoms with Crippen molar-refractivity contribution in [2.75, 3.05) is 32.6 Å². The van der Waals surface area contributed by atoms with Gasteiger partial charge in [0.2, 0.25) is 20.0 Å². The van der Waals surface area contributed by atoms with Gasteiger partial charge in [0.1, 0.15) is 13.2 Å². The lowest BCUT2D eigenvalue weighted by Gasteiger charge is -2.18. The molecule has 0 unspecified atom stereocenters. The lowest BCUT2D eigenvalue weighted by molar-refractivity contribution is 0.171. The number of sulfonamides is 2. The van der Waals surface area contributed by atoms with E-state index in [0.717, 1.165) is 0 Å². The van der Waals surface area contributed by atoms with Crippen LogP contribution >= 0.6 is 0 Å². The Labute approximate surface area is 123 Å². The molecule has 0 saturated carbocycles. The molecule has 0 radical (unpaired) electrons. The summed E-state index contributed by atoms with van der Waals surface area (Å²) < 4.78 is 61.6. The number of fused-ring (bicyclic) bond motifs is 1. The topological polar surface area (TPSA) is 111 Å². The number of benzene rings is 1. The summed E-state index contributed by atoms with van der Waals surface area (Å²) in [6, 6.07) is 4.24. The molecular weight excluding hydrogens is 320 g/mol. The maximum absolute atomic E-state index is 12.1. The third kappa shape index (κ3) is 4.06. The van der Waals surface area contributed by atoms with Crippen LogP contribution in [0.15, 0.2) is 23.1 Å². The quantitative estimate of drug-likeness (QED) is 0.710. The molecule has 0 aromatic heterocycles. The van der Waals surface area contributed by atoms with Crippen molar-refractivity contribution in [1.82, 2.24) is 9.44 Å². The van der Waals surface area contributed by atoms with Gasteiger partial charge < -0.3 is 9.47 Å². The smallest absolute Gasteiger partial charge is 0.240 e. The van der Waals surface area contributed by atoms with Crippen molar-refractivity contribution in [3.8, 4) is 11.5 Å². The summed E-state index contributed by atoms with van der Waals surface area (Å²) in [5, 5.41) is 0. The van der Waals surface area contributed by atoms with Gasteiger partial charge in [0.15, 0.2) is 11.5 Å². The first kappa shape index (κ1) is 16.0. The molecule has 1 heterocycles. The zero-order valence-corrected chi connectivity index (χ0v) is 13.0. The fourth-order valence-electron chi connectivity index (χ4n) is 1.69. The van der Waals surface area contributed by atoms with E-state index in [1.807, 2.05) is 0 Å². The summed E-state index contributed by atoms with van der Waals surface area (Å²) in [5.74, 6) is 0.498. The molecule has 1 aromatic rings. The first-order valence-corrected chi connectivity index (χ1v) is 9.28. The molecule has 2 N–H and O–H groups in total. The molecule has 0 saturated heterocycles. The maximum atomic E-state index is 12.1. The van der Waals surface area contributed by atoms with Gasteiger partial charge in [-0.15, -0.1) is 0 Å². The lowest BCUT2D eigenvalue weighted by atomic mass is 10.3. The predicted molar refractivity (Wildman–Crippen MR) is 75.5 cm³/mol. The van der Waals surface area contributed by atoms with Gasteiger partial charge in [0, 0.05) is 12.6 Å². The number of hydrogen-bond donors (Lipinski definition) is 2. The minimum atomic E-state index is -3.80. The molecule has 0 atom stereocenters. The number of hydrogen-bond acceptors (Lipinski definition) is 6. The van der Waals surface area contributed by atoms with Crippen molar-refractivity contribution in [3.63, 3.8) is 0 Å². The summed E-state index contributed by atoms with van der Waals surface area (Å²) in [6.07, 6.45) is 0. The Morgan fingerprint density at radius 1 is 1.10 bits per heavy atom. The van der Waals surface area contributed by atoms with Crippen LogP contribution in [0.2, 0.25) is 0 Å². The predicted octanol–water partition coefficient (Wildman–Crippen LogP) is -0.715. The Hall–Kier alpha value is -1.36. The van der Waals surface area contributed by atoms with Crippen molar-refractivity contribution >= 4 is 20.0 Å².